The second-order valence-corrected chi connectivity index (χ2v) is 5.28. The zero-order valence-electron chi connectivity index (χ0n) is 9.40. The van der Waals surface area contributed by atoms with Gasteiger partial charge in [-0.05, 0) is 18.2 Å². The number of ether oxygens (including phenoxy) is 1. The highest BCUT2D eigenvalue weighted by Gasteiger charge is 2.11. The monoisotopic (exact) mass is 282 g/mol. The Hall–Kier alpha value is -1.80. The van der Waals surface area contributed by atoms with Gasteiger partial charge in [0.15, 0.2) is 10.2 Å². The molecule has 2 rings (SSSR count). The summed E-state index contributed by atoms with van der Waals surface area (Å²) in [7, 11) is 1.58. The quantitative estimate of drug-likeness (QED) is 0.384. The maximum absolute atomic E-state index is 8.76. The predicted molar refractivity (Wildman–Crippen MR) is 69.5 cm³/mol. The van der Waals surface area contributed by atoms with Crippen LogP contribution in [0.2, 0.25) is 0 Å². The summed E-state index contributed by atoms with van der Waals surface area (Å²) in [5.41, 5.74) is 7.90. The normalized spacial score (nSPS) is 11.5. The molecule has 3 N–H and O–H groups in total. The van der Waals surface area contributed by atoms with Crippen molar-refractivity contribution in [3.63, 3.8) is 0 Å². The molecule has 0 unspecified atom stereocenters. The summed E-state index contributed by atoms with van der Waals surface area (Å²) in [5, 5.41) is 19.5. The van der Waals surface area contributed by atoms with E-state index in [9.17, 15) is 0 Å². The van der Waals surface area contributed by atoms with Gasteiger partial charge in [0, 0.05) is 10.5 Å². The Labute approximate surface area is 111 Å². The Morgan fingerprint density at radius 3 is 3.00 bits per heavy atom. The summed E-state index contributed by atoms with van der Waals surface area (Å²) < 4.78 is 5.93. The summed E-state index contributed by atoms with van der Waals surface area (Å²) in [6.45, 7) is 0. The zero-order valence-corrected chi connectivity index (χ0v) is 11.0. The molecule has 0 atom stereocenters. The fraction of sp³-hybridized carbons (Fsp3) is 0.100. The van der Waals surface area contributed by atoms with Crippen LogP contribution in [0.15, 0.2) is 38.1 Å². The summed E-state index contributed by atoms with van der Waals surface area (Å²) >= 11 is 2.80. The Morgan fingerprint density at radius 1 is 1.56 bits per heavy atom. The van der Waals surface area contributed by atoms with Gasteiger partial charge in [-0.2, -0.15) is 0 Å². The number of benzene rings is 1. The van der Waals surface area contributed by atoms with E-state index in [2.05, 4.69) is 15.4 Å². The van der Waals surface area contributed by atoms with Crippen LogP contribution in [0.3, 0.4) is 0 Å². The Kier molecular flexibility index (Phi) is 4.00. The average Bonchev–Trinajstić information content (AvgIpc) is 2.90. The SMILES string of the molecule is COc1ccc(/C(N)=N/O)c(Sc2nncs2)c1. The number of nitrogens with zero attached hydrogens (tertiary/aromatic N) is 3. The topological polar surface area (TPSA) is 93.6 Å². The minimum absolute atomic E-state index is 0.0460. The van der Waals surface area contributed by atoms with E-state index in [1.807, 2.05) is 0 Å². The first-order valence-corrected chi connectivity index (χ1v) is 6.54. The van der Waals surface area contributed by atoms with Crippen LogP contribution >= 0.6 is 23.1 Å². The lowest BCUT2D eigenvalue weighted by atomic mass is 10.2. The van der Waals surface area contributed by atoms with E-state index in [0.717, 1.165) is 9.24 Å². The number of oxime groups is 1. The standard InChI is InChI=1S/C10H10N4O2S2/c1-16-6-2-3-7(9(11)14-15)8(4-6)18-10-13-12-5-17-10/h2-5,15H,1H3,(H2,11,14). The van der Waals surface area contributed by atoms with E-state index in [1.54, 1.807) is 30.8 Å². The van der Waals surface area contributed by atoms with Crippen molar-refractivity contribution in [2.75, 3.05) is 7.11 Å². The zero-order chi connectivity index (χ0) is 13.0. The average molecular weight is 282 g/mol. The fourth-order valence-corrected chi connectivity index (χ4v) is 2.88. The van der Waals surface area contributed by atoms with Gasteiger partial charge in [-0.25, -0.2) is 0 Å². The van der Waals surface area contributed by atoms with Crippen LogP contribution in [0.1, 0.15) is 5.56 Å². The van der Waals surface area contributed by atoms with Gasteiger partial charge in [0.05, 0.1) is 7.11 Å². The molecule has 0 amide bonds. The lowest BCUT2D eigenvalue weighted by Gasteiger charge is -2.08. The first-order chi connectivity index (χ1) is 8.74. The fourth-order valence-electron chi connectivity index (χ4n) is 1.28. The van der Waals surface area contributed by atoms with Crippen molar-refractivity contribution in [1.29, 1.82) is 0 Å². The van der Waals surface area contributed by atoms with Gasteiger partial charge < -0.3 is 15.7 Å². The van der Waals surface area contributed by atoms with E-state index >= 15 is 0 Å². The summed E-state index contributed by atoms with van der Waals surface area (Å²) in [4.78, 5) is 0.793. The summed E-state index contributed by atoms with van der Waals surface area (Å²) in [6, 6.07) is 5.29. The second-order valence-electron chi connectivity index (χ2n) is 3.15. The number of hydrogen-bond donors (Lipinski definition) is 2. The minimum atomic E-state index is 0.0460. The maximum Gasteiger partial charge on any atom is 0.178 e. The van der Waals surface area contributed by atoms with Crippen LogP contribution in [0.25, 0.3) is 0 Å². The van der Waals surface area contributed by atoms with E-state index in [0.29, 0.717) is 11.3 Å². The third kappa shape index (κ3) is 2.71. The van der Waals surface area contributed by atoms with Crippen molar-refractivity contribution in [1.82, 2.24) is 10.2 Å². The van der Waals surface area contributed by atoms with Crippen molar-refractivity contribution < 1.29 is 9.94 Å². The number of nitrogens with two attached hydrogens (primary N) is 1. The van der Waals surface area contributed by atoms with E-state index < -0.39 is 0 Å². The lowest BCUT2D eigenvalue weighted by molar-refractivity contribution is 0.318. The molecule has 0 radical (unpaired) electrons. The third-order valence-electron chi connectivity index (χ3n) is 2.11. The maximum atomic E-state index is 8.76. The molecule has 0 aliphatic rings. The van der Waals surface area contributed by atoms with Gasteiger partial charge in [-0.1, -0.05) is 28.3 Å². The molecule has 0 saturated carbocycles. The largest absolute Gasteiger partial charge is 0.497 e. The van der Waals surface area contributed by atoms with Crippen molar-refractivity contribution in [3.8, 4) is 5.75 Å². The number of amidine groups is 1. The molecule has 1 heterocycles. The van der Waals surface area contributed by atoms with Crippen molar-refractivity contribution in [2.24, 2.45) is 10.9 Å². The predicted octanol–water partition coefficient (Wildman–Crippen LogP) is 1.79. The number of rotatable bonds is 4. The van der Waals surface area contributed by atoms with Crippen LogP contribution < -0.4 is 10.5 Å². The van der Waals surface area contributed by atoms with E-state index in [1.165, 1.54) is 23.1 Å². The molecule has 1 aromatic carbocycles. The van der Waals surface area contributed by atoms with E-state index in [4.69, 9.17) is 15.7 Å². The van der Waals surface area contributed by atoms with Crippen LogP contribution in [0.5, 0.6) is 5.75 Å². The van der Waals surface area contributed by atoms with Gasteiger partial charge >= 0.3 is 0 Å². The Morgan fingerprint density at radius 2 is 2.39 bits per heavy atom. The van der Waals surface area contributed by atoms with Gasteiger partial charge in [0.2, 0.25) is 0 Å². The molecule has 0 fully saturated rings. The molecule has 1 aromatic heterocycles. The first kappa shape index (κ1) is 12.7. The molecule has 94 valence electrons. The highest BCUT2D eigenvalue weighted by atomic mass is 32.2. The molecule has 0 bridgehead atoms. The van der Waals surface area contributed by atoms with Gasteiger partial charge in [0.1, 0.15) is 11.3 Å². The second kappa shape index (κ2) is 5.69. The van der Waals surface area contributed by atoms with Gasteiger partial charge in [0.25, 0.3) is 0 Å². The molecule has 0 aliphatic heterocycles. The van der Waals surface area contributed by atoms with Crippen LogP contribution in [0.4, 0.5) is 0 Å². The van der Waals surface area contributed by atoms with Gasteiger partial charge in [-0.3, -0.25) is 0 Å². The Balaban J connectivity index is 2.41. The van der Waals surface area contributed by atoms with Crippen molar-refractivity contribution >= 4 is 28.9 Å². The molecule has 0 saturated heterocycles. The van der Waals surface area contributed by atoms with Crippen LogP contribution in [-0.4, -0.2) is 28.4 Å². The van der Waals surface area contributed by atoms with E-state index in [-0.39, 0.29) is 5.84 Å². The summed E-state index contributed by atoms with van der Waals surface area (Å²) in [6.07, 6.45) is 0. The lowest BCUT2D eigenvalue weighted by Crippen LogP contribution is -2.14. The molecule has 0 spiro atoms. The number of methoxy groups -OCH3 is 1. The number of aromatic nitrogens is 2. The molecule has 8 heteroatoms. The molecular weight excluding hydrogens is 272 g/mol. The van der Waals surface area contributed by atoms with Crippen molar-refractivity contribution in [2.45, 2.75) is 9.24 Å². The van der Waals surface area contributed by atoms with Crippen molar-refractivity contribution in [3.05, 3.63) is 29.3 Å². The van der Waals surface area contributed by atoms with Crippen LogP contribution in [0, 0.1) is 0 Å². The van der Waals surface area contributed by atoms with Gasteiger partial charge in [-0.15, -0.1) is 10.2 Å². The first-order valence-electron chi connectivity index (χ1n) is 4.84. The highest BCUT2D eigenvalue weighted by Crippen LogP contribution is 2.33. The summed E-state index contributed by atoms with van der Waals surface area (Å²) in [5.74, 6) is 0.737. The molecule has 2 aromatic rings. The van der Waals surface area contributed by atoms with Crippen LogP contribution in [-0.2, 0) is 0 Å². The number of hydrogen-bond acceptors (Lipinski definition) is 7. The molecule has 6 nitrogen and oxygen atoms in total. The Bertz CT molecular complexity index is 557. The smallest absolute Gasteiger partial charge is 0.178 e. The molecule has 18 heavy (non-hydrogen) atoms. The highest BCUT2D eigenvalue weighted by molar-refractivity contribution is 8.01. The molecular formula is C10H10N4O2S2. The minimum Gasteiger partial charge on any atom is -0.497 e. The third-order valence-corrected chi connectivity index (χ3v) is 3.95. The molecule has 0 aliphatic carbocycles.